The summed E-state index contributed by atoms with van der Waals surface area (Å²) in [6.07, 6.45) is 2.16. The van der Waals surface area contributed by atoms with E-state index in [-0.39, 0.29) is 16.8 Å². The second-order valence-electron chi connectivity index (χ2n) is 3.75. The molecule has 1 amide bonds. The summed E-state index contributed by atoms with van der Waals surface area (Å²) in [6.45, 7) is 5.62. The third-order valence-corrected chi connectivity index (χ3v) is 3.78. The lowest BCUT2D eigenvalue weighted by molar-refractivity contribution is -0.120. The summed E-state index contributed by atoms with van der Waals surface area (Å²) in [4.78, 5) is 11.4. The number of carbonyl (C=O) groups excluding carboxylic acids is 1. The predicted molar refractivity (Wildman–Crippen MR) is 59.5 cm³/mol. The number of halogens is 1. The van der Waals surface area contributed by atoms with Crippen LogP contribution in [-0.2, 0) is 9.53 Å². The summed E-state index contributed by atoms with van der Waals surface area (Å²) in [5.74, 6) is 0.571. The summed E-state index contributed by atoms with van der Waals surface area (Å²) in [5, 5.41) is 2.94. The van der Waals surface area contributed by atoms with Crippen LogP contribution in [-0.4, -0.2) is 30.0 Å². The van der Waals surface area contributed by atoms with Gasteiger partial charge in [0.15, 0.2) is 0 Å². The van der Waals surface area contributed by atoms with Crippen molar-refractivity contribution in [1.82, 2.24) is 5.32 Å². The highest BCUT2D eigenvalue weighted by atomic mass is 79.9. The van der Waals surface area contributed by atoms with Gasteiger partial charge in [0.05, 0.1) is 10.9 Å². The van der Waals surface area contributed by atoms with Crippen molar-refractivity contribution in [3.8, 4) is 0 Å². The Morgan fingerprint density at radius 3 is 2.93 bits per heavy atom. The molecule has 0 aromatic rings. The van der Waals surface area contributed by atoms with Gasteiger partial charge >= 0.3 is 0 Å². The lowest BCUT2D eigenvalue weighted by Crippen LogP contribution is -2.36. The van der Waals surface area contributed by atoms with E-state index in [0.717, 1.165) is 26.0 Å². The van der Waals surface area contributed by atoms with E-state index in [1.54, 1.807) is 0 Å². The Balaban J connectivity index is 2.22. The molecule has 1 N–H and O–H groups in total. The van der Waals surface area contributed by atoms with E-state index in [9.17, 15) is 4.79 Å². The van der Waals surface area contributed by atoms with Crippen molar-refractivity contribution in [3.05, 3.63) is 0 Å². The molecule has 3 atom stereocenters. The SMILES string of the molecule is CCC(Br)C(=O)NCC1CCOC1C. The number of hydrogen-bond donors (Lipinski definition) is 1. The van der Waals surface area contributed by atoms with E-state index in [1.807, 2.05) is 6.92 Å². The quantitative estimate of drug-likeness (QED) is 0.785. The zero-order chi connectivity index (χ0) is 10.6. The van der Waals surface area contributed by atoms with Crippen LogP contribution in [0.2, 0.25) is 0 Å². The maximum Gasteiger partial charge on any atom is 0.233 e. The van der Waals surface area contributed by atoms with Gasteiger partial charge in [-0.3, -0.25) is 4.79 Å². The van der Waals surface area contributed by atoms with E-state index in [0.29, 0.717) is 5.92 Å². The van der Waals surface area contributed by atoms with Crippen LogP contribution in [0.15, 0.2) is 0 Å². The maximum atomic E-state index is 11.4. The normalized spacial score (nSPS) is 28.8. The first-order chi connectivity index (χ1) is 6.65. The second-order valence-corrected chi connectivity index (χ2v) is 4.85. The lowest BCUT2D eigenvalue weighted by Gasteiger charge is -2.15. The van der Waals surface area contributed by atoms with Gasteiger partial charge in [-0.05, 0) is 19.8 Å². The molecule has 4 heteroatoms. The van der Waals surface area contributed by atoms with Gasteiger partial charge in [0, 0.05) is 19.1 Å². The van der Waals surface area contributed by atoms with Crippen molar-refractivity contribution in [2.45, 2.75) is 37.6 Å². The lowest BCUT2D eigenvalue weighted by atomic mass is 10.0. The first-order valence-corrected chi connectivity index (χ1v) is 6.10. The second kappa shape index (κ2) is 5.71. The average Bonchev–Trinajstić information content (AvgIpc) is 2.59. The molecule has 1 saturated heterocycles. The smallest absolute Gasteiger partial charge is 0.233 e. The maximum absolute atomic E-state index is 11.4. The number of rotatable bonds is 4. The minimum atomic E-state index is -0.0554. The molecule has 1 aliphatic rings. The van der Waals surface area contributed by atoms with Crippen LogP contribution in [0.3, 0.4) is 0 Å². The molecule has 0 aromatic heterocycles. The van der Waals surface area contributed by atoms with Crippen molar-refractivity contribution in [1.29, 1.82) is 0 Å². The molecule has 1 aliphatic heterocycles. The molecule has 3 nitrogen and oxygen atoms in total. The monoisotopic (exact) mass is 263 g/mol. The summed E-state index contributed by atoms with van der Waals surface area (Å²) in [7, 11) is 0. The van der Waals surface area contributed by atoms with Gasteiger partial charge in [0.2, 0.25) is 5.91 Å². The topological polar surface area (TPSA) is 38.3 Å². The molecule has 1 heterocycles. The Morgan fingerprint density at radius 2 is 2.43 bits per heavy atom. The van der Waals surface area contributed by atoms with Crippen molar-refractivity contribution >= 4 is 21.8 Å². The molecule has 14 heavy (non-hydrogen) atoms. The molecule has 0 bridgehead atoms. The highest BCUT2D eigenvalue weighted by Gasteiger charge is 2.25. The first kappa shape index (κ1) is 12.0. The van der Waals surface area contributed by atoms with E-state index in [4.69, 9.17) is 4.74 Å². The van der Waals surface area contributed by atoms with Gasteiger partial charge in [-0.2, -0.15) is 0 Å². The van der Waals surface area contributed by atoms with E-state index in [2.05, 4.69) is 28.2 Å². The van der Waals surface area contributed by atoms with Crippen molar-refractivity contribution in [2.75, 3.05) is 13.2 Å². The molecule has 0 radical (unpaired) electrons. The van der Waals surface area contributed by atoms with E-state index < -0.39 is 0 Å². The predicted octanol–water partition coefficient (Wildman–Crippen LogP) is 1.70. The third-order valence-electron chi connectivity index (χ3n) is 2.71. The molecule has 0 aliphatic carbocycles. The minimum Gasteiger partial charge on any atom is -0.378 e. The van der Waals surface area contributed by atoms with Crippen LogP contribution in [0, 0.1) is 5.92 Å². The molecule has 3 unspecified atom stereocenters. The molecule has 0 saturated carbocycles. The average molecular weight is 264 g/mol. The Labute approximate surface area is 93.7 Å². The number of amides is 1. The van der Waals surface area contributed by atoms with Crippen LogP contribution in [0.5, 0.6) is 0 Å². The molecule has 0 spiro atoms. The Hall–Kier alpha value is -0.0900. The Morgan fingerprint density at radius 1 is 1.71 bits per heavy atom. The van der Waals surface area contributed by atoms with Crippen molar-refractivity contribution in [2.24, 2.45) is 5.92 Å². The Bertz CT molecular complexity index is 199. The molecule has 1 rings (SSSR count). The fourth-order valence-electron chi connectivity index (χ4n) is 1.57. The third kappa shape index (κ3) is 3.24. The fraction of sp³-hybridized carbons (Fsp3) is 0.900. The summed E-state index contributed by atoms with van der Waals surface area (Å²) in [5.41, 5.74) is 0. The van der Waals surface area contributed by atoms with Gasteiger partial charge in [0.25, 0.3) is 0 Å². The van der Waals surface area contributed by atoms with Gasteiger partial charge < -0.3 is 10.1 Å². The van der Waals surface area contributed by atoms with E-state index >= 15 is 0 Å². The first-order valence-electron chi connectivity index (χ1n) is 5.18. The molecular formula is C10H18BrNO2. The van der Waals surface area contributed by atoms with Crippen LogP contribution >= 0.6 is 15.9 Å². The minimum absolute atomic E-state index is 0.0554. The molecular weight excluding hydrogens is 246 g/mol. The Kier molecular flexibility index (Phi) is 4.89. The largest absolute Gasteiger partial charge is 0.378 e. The zero-order valence-electron chi connectivity index (χ0n) is 8.75. The van der Waals surface area contributed by atoms with Gasteiger partial charge in [-0.25, -0.2) is 0 Å². The van der Waals surface area contributed by atoms with Gasteiger partial charge in [-0.1, -0.05) is 22.9 Å². The van der Waals surface area contributed by atoms with Gasteiger partial charge in [-0.15, -0.1) is 0 Å². The summed E-state index contributed by atoms with van der Waals surface area (Å²) in [6, 6.07) is 0. The molecule has 1 fully saturated rings. The van der Waals surface area contributed by atoms with Crippen LogP contribution in [0.4, 0.5) is 0 Å². The van der Waals surface area contributed by atoms with Crippen LogP contribution in [0.25, 0.3) is 0 Å². The van der Waals surface area contributed by atoms with Crippen molar-refractivity contribution in [3.63, 3.8) is 0 Å². The summed E-state index contributed by atoms with van der Waals surface area (Å²) >= 11 is 3.32. The van der Waals surface area contributed by atoms with Crippen molar-refractivity contribution < 1.29 is 9.53 Å². The highest BCUT2D eigenvalue weighted by Crippen LogP contribution is 2.19. The number of hydrogen-bond acceptors (Lipinski definition) is 2. The van der Waals surface area contributed by atoms with Gasteiger partial charge in [0.1, 0.15) is 0 Å². The standard InChI is InChI=1S/C10H18BrNO2/c1-3-9(11)10(13)12-6-8-4-5-14-7(8)2/h7-9H,3-6H2,1-2H3,(H,12,13). The summed E-state index contributed by atoms with van der Waals surface area (Å²) < 4.78 is 5.42. The molecule has 0 aromatic carbocycles. The zero-order valence-corrected chi connectivity index (χ0v) is 10.3. The van der Waals surface area contributed by atoms with Crippen LogP contribution in [0.1, 0.15) is 26.7 Å². The van der Waals surface area contributed by atoms with Crippen LogP contribution < -0.4 is 5.32 Å². The highest BCUT2D eigenvalue weighted by molar-refractivity contribution is 9.10. The molecule has 82 valence electrons. The number of nitrogens with one attached hydrogen (secondary N) is 1. The van der Waals surface area contributed by atoms with E-state index in [1.165, 1.54) is 0 Å². The number of ether oxygens (including phenoxy) is 1. The number of alkyl halides is 1. The number of carbonyl (C=O) groups is 1. The fourth-order valence-corrected chi connectivity index (χ4v) is 1.73.